The Labute approximate surface area is 153 Å². The quantitative estimate of drug-likeness (QED) is 0.857. The summed E-state index contributed by atoms with van der Waals surface area (Å²) in [5, 5.41) is 2.85. The molecule has 0 spiro atoms. The number of carbonyl (C=O) groups is 2. The van der Waals surface area contributed by atoms with Crippen LogP contribution in [0.25, 0.3) is 0 Å². The third-order valence-corrected chi connectivity index (χ3v) is 4.33. The summed E-state index contributed by atoms with van der Waals surface area (Å²) in [6, 6.07) is 13.1. The Morgan fingerprint density at radius 2 is 1.85 bits per heavy atom. The molecule has 1 aromatic heterocycles. The summed E-state index contributed by atoms with van der Waals surface area (Å²) in [4.78, 5) is 32.3. The Morgan fingerprint density at radius 1 is 1.12 bits per heavy atom. The molecule has 6 heteroatoms. The Balaban J connectivity index is 1.62. The van der Waals surface area contributed by atoms with Crippen LogP contribution in [0.15, 0.2) is 48.7 Å². The number of amides is 3. The van der Waals surface area contributed by atoms with Crippen molar-refractivity contribution in [2.24, 2.45) is 5.92 Å². The number of para-hydroxylation sites is 1. The number of aromatic nitrogens is 1. The lowest BCUT2D eigenvalue weighted by atomic mass is 10.1. The first kappa shape index (κ1) is 17.9. The van der Waals surface area contributed by atoms with Gasteiger partial charge in [0.15, 0.2) is 0 Å². The molecular formula is C20H24N4O2. The van der Waals surface area contributed by atoms with E-state index in [9.17, 15) is 9.59 Å². The molecule has 3 amide bonds. The highest BCUT2D eigenvalue weighted by molar-refractivity contribution is 6.05. The zero-order valence-corrected chi connectivity index (χ0v) is 15.2. The molecule has 2 aromatic rings. The minimum absolute atomic E-state index is 0.0132. The summed E-state index contributed by atoms with van der Waals surface area (Å²) in [6.07, 6.45) is 2.95. The van der Waals surface area contributed by atoms with Crippen molar-refractivity contribution in [2.45, 2.75) is 26.7 Å². The fourth-order valence-corrected chi connectivity index (χ4v) is 2.86. The average Bonchev–Trinajstić information content (AvgIpc) is 3.03. The molecule has 0 saturated carbocycles. The van der Waals surface area contributed by atoms with E-state index in [2.05, 4.69) is 24.1 Å². The summed E-state index contributed by atoms with van der Waals surface area (Å²) in [5.41, 5.74) is 1.53. The molecule has 0 atom stereocenters. The maximum atomic E-state index is 12.7. The molecule has 1 saturated heterocycles. The van der Waals surface area contributed by atoms with Crippen LogP contribution in [0.1, 0.15) is 26.7 Å². The molecule has 2 heterocycles. The Morgan fingerprint density at radius 3 is 2.50 bits per heavy atom. The number of carbonyl (C=O) groups excluding carboxylic acids is 2. The van der Waals surface area contributed by atoms with Gasteiger partial charge in [-0.15, -0.1) is 0 Å². The monoisotopic (exact) mass is 352 g/mol. The van der Waals surface area contributed by atoms with Crippen molar-refractivity contribution in [1.29, 1.82) is 0 Å². The van der Waals surface area contributed by atoms with E-state index >= 15 is 0 Å². The van der Waals surface area contributed by atoms with Crippen LogP contribution in [0.4, 0.5) is 22.0 Å². The van der Waals surface area contributed by atoms with Crippen LogP contribution in [-0.2, 0) is 4.79 Å². The van der Waals surface area contributed by atoms with Crippen molar-refractivity contribution in [1.82, 2.24) is 4.98 Å². The summed E-state index contributed by atoms with van der Waals surface area (Å²) in [5.74, 6) is 1.07. The van der Waals surface area contributed by atoms with Gasteiger partial charge >= 0.3 is 6.03 Å². The fourth-order valence-electron chi connectivity index (χ4n) is 2.86. The van der Waals surface area contributed by atoms with E-state index in [1.54, 1.807) is 28.1 Å². The van der Waals surface area contributed by atoms with Crippen molar-refractivity contribution in [2.75, 3.05) is 28.2 Å². The molecule has 26 heavy (non-hydrogen) atoms. The lowest BCUT2D eigenvalue weighted by molar-refractivity contribution is -0.116. The second kappa shape index (κ2) is 7.99. The molecule has 1 fully saturated rings. The first-order chi connectivity index (χ1) is 12.5. The summed E-state index contributed by atoms with van der Waals surface area (Å²) >= 11 is 0. The van der Waals surface area contributed by atoms with Gasteiger partial charge in [0.1, 0.15) is 5.82 Å². The predicted octanol–water partition coefficient (Wildman–Crippen LogP) is 3.90. The van der Waals surface area contributed by atoms with E-state index in [1.165, 1.54) is 0 Å². The van der Waals surface area contributed by atoms with Gasteiger partial charge in [0, 0.05) is 25.2 Å². The summed E-state index contributed by atoms with van der Waals surface area (Å²) in [7, 11) is 0. The van der Waals surface area contributed by atoms with E-state index in [0.717, 1.165) is 12.1 Å². The first-order valence-corrected chi connectivity index (χ1v) is 8.94. The van der Waals surface area contributed by atoms with Crippen molar-refractivity contribution in [3.8, 4) is 0 Å². The van der Waals surface area contributed by atoms with Gasteiger partial charge in [-0.1, -0.05) is 32.0 Å². The van der Waals surface area contributed by atoms with Gasteiger partial charge < -0.3 is 5.32 Å². The van der Waals surface area contributed by atoms with Crippen molar-refractivity contribution < 1.29 is 9.59 Å². The van der Waals surface area contributed by atoms with E-state index in [-0.39, 0.29) is 11.9 Å². The molecule has 1 N–H and O–H groups in total. The molecular weight excluding hydrogens is 328 g/mol. The predicted molar refractivity (Wildman–Crippen MR) is 103 cm³/mol. The first-order valence-electron chi connectivity index (χ1n) is 8.94. The van der Waals surface area contributed by atoms with Gasteiger partial charge in [0.25, 0.3) is 0 Å². The van der Waals surface area contributed by atoms with E-state index in [0.29, 0.717) is 36.9 Å². The average molecular weight is 352 g/mol. The number of rotatable bonds is 6. The highest BCUT2D eigenvalue weighted by Crippen LogP contribution is 2.24. The standard InChI is InChI=1S/C20H24N4O2/c1-15(2)8-11-19(25)22-16-9-10-18(21-14-16)24-13-12-23(20(24)26)17-6-4-3-5-7-17/h3-7,9-10,14-15H,8,11-13H2,1-2H3,(H,22,25). The van der Waals surface area contributed by atoms with Gasteiger partial charge in [-0.3, -0.25) is 14.6 Å². The van der Waals surface area contributed by atoms with E-state index < -0.39 is 0 Å². The number of hydrogen-bond acceptors (Lipinski definition) is 3. The molecule has 1 aliphatic rings. The maximum Gasteiger partial charge on any atom is 0.330 e. The third kappa shape index (κ3) is 4.20. The van der Waals surface area contributed by atoms with Gasteiger partial charge in [-0.25, -0.2) is 9.78 Å². The SMILES string of the molecule is CC(C)CCC(=O)Nc1ccc(N2CCN(c3ccccc3)C2=O)nc1. The minimum atomic E-state index is -0.0857. The lowest BCUT2D eigenvalue weighted by Gasteiger charge is -2.18. The van der Waals surface area contributed by atoms with Gasteiger partial charge in [-0.2, -0.15) is 0 Å². The topological polar surface area (TPSA) is 65.5 Å². The van der Waals surface area contributed by atoms with Crippen LogP contribution in [0.2, 0.25) is 0 Å². The van der Waals surface area contributed by atoms with E-state index in [4.69, 9.17) is 0 Å². The number of hydrogen-bond donors (Lipinski definition) is 1. The van der Waals surface area contributed by atoms with Crippen LogP contribution >= 0.6 is 0 Å². The molecule has 3 rings (SSSR count). The molecule has 6 nitrogen and oxygen atoms in total. The van der Waals surface area contributed by atoms with Gasteiger partial charge in [0.2, 0.25) is 5.91 Å². The highest BCUT2D eigenvalue weighted by Gasteiger charge is 2.31. The second-order valence-electron chi connectivity index (χ2n) is 6.81. The highest BCUT2D eigenvalue weighted by atomic mass is 16.2. The molecule has 0 unspecified atom stereocenters. The summed E-state index contributed by atoms with van der Waals surface area (Å²) < 4.78 is 0. The molecule has 136 valence electrons. The molecule has 1 aromatic carbocycles. The van der Waals surface area contributed by atoms with Gasteiger partial charge in [0.05, 0.1) is 11.9 Å². The van der Waals surface area contributed by atoms with Crippen molar-refractivity contribution in [3.63, 3.8) is 0 Å². The van der Waals surface area contributed by atoms with Crippen molar-refractivity contribution in [3.05, 3.63) is 48.7 Å². The zero-order chi connectivity index (χ0) is 18.5. The molecule has 1 aliphatic heterocycles. The Bertz CT molecular complexity index is 759. The fraction of sp³-hybridized carbons (Fsp3) is 0.350. The normalized spacial score (nSPS) is 14.2. The maximum absolute atomic E-state index is 12.7. The molecule has 0 aliphatic carbocycles. The number of nitrogens with one attached hydrogen (secondary N) is 1. The molecule has 0 bridgehead atoms. The Hall–Kier alpha value is -2.89. The Kier molecular flexibility index (Phi) is 5.51. The van der Waals surface area contributed by atoms with Gasteiger partial charge in [-0.05, 0) is 36.6 Å². The number of benzene rings is 1. The molecule has 0 radical (unpaired) electrons. The van der Waals surface area contributed by atoms with E-state index in [1.807, 2.05) is 30.3 Å². The third-order valence-electron chi connectivity index (χ3n) is 4.33. The number of nitrogens with zero attached hydrogens (tertiary/aromatic N) is 3. The number of pyridine rings is 1. The minimum Gasteiger partial charge on any atom is -0.325 e. The van der Waals surface area contributed by atoms with Crippen molar-refractivity contribution >= 4 is 29.1 Å². The second-order valence-corrected chi connectivity index (χ2v) is 6.81. The van der Waals surface area contributed by atoms with Crippen LogP contribution in [0.5, 0.6) is 0 Å². The van der Waals surface area contributed by atoms with Crippen LogP contribution in [0, 0.1) is 5.92 Å². The van der Waals surface area contributed by atoms with Crippen LogP contribution < -0.4 is 15.1 Å². The van der Waals surface area contributed by atoms with Crippen LogP contribution in [-0.4, -0.2) is 30.0 Å². The zero-order valence-electron chi connectivity index (χ0n) is 15.2. The largest absolute Gasteiger partial charge is 0.330 e. The summed E-state index contributed by atoms with van der Waals surface area (Å²) in [6.45, 7) is 5.39. The number of anilines is 3. The van der Waals surface area contributed by atoms with Crippen LogP contribution in [0.3, 0.4) is 0 Å². The number of urea groups is 1. The smallest absolute Gasteiger partial charge is 0.325 e. The lowest BCUT2D eigenvalue weighted by Crippen LogP contribution is -2.32.